The van der Waals surface area contributed by atoms with E-state index in [0.717, 1.165) is 17.0 Å². The summed E-state index contributed by atoms with van der Waals surface area (Å²) in [5.74, 6) is 0.802. The average Bonchev–Trinajstić information content (AvgIpc) is 3.18. The molecule has 0 aliphatic rings. The number of carbonyl (C=O) groups is 1. The third-order valence-corrected chi connectivity index (χ3v) is 3.92. The zero-order chi connectivity index (χ0) is 17.5. The van der Waals surface area contributed by atoms with Gasteiger partial charge in [-0.2, -0.15) is 0 Å². The van der Waals surface area contributed by atoms with Gasteiger partial charge in [0.2, 0.25) is 0 Å². The summed E-state index contributed by atoms with van der Waals surface area (Å²) in [7, 11) is 0. The first-order valence-electron chi connectivity index (χ1n) is 8.30. The van der Waals surface area contributed by atoms with Crippen molar-refractivity contribution in [1.82, 2.24) is 9.88 Å². The summed E-state index contributed by atoms with van der Waals surface area (Å²) >= 11 is 0. The molecule has 2 aromatic heterocycles. The molecule has 0 saturated carbocycles. The molecule has 0 aliphatic carbocycles. The van der Waals surface area contributed by atoms with E-state index in [0.29, 0.717) is 25.2 Å². The maximum Gasteiger partial charge on any atom is 0.255 e. The largest absolute Gasteiger partial charge is 0.467 e. The molecule has 5 nitrogen and oxygen atoms in total. The molecule has 3 rings (SSSR count). The number of amides is 1. The predicted molar refractivity (Wildman–Crippen MR) is 97.1 cm³/mol. The van der Waals surface area contributed by atoms with Gasteiger partial charge >= 0.3 is 0 Å². The molecular formula is C20H21N3O2. The van der Waals surface area contributed by atoms with E-state index in [-0.39, 0.29) is 5.91 Å². The van der Waals surface area contributed by atoms with Crippen molar-refractivity contribution >= 4 is 11.6 Å². The molecule has 0 saturated heterocycles. The van der Waals surface area contributed by atoms with Crippen LogP contribution in [-0.2, 0) is 13.1 Å². The lowest BCUT2D eigenvalue weighted by Crippen LogP contribution is -2.30. The third-order valence-electron chi connectivity index (χ3n) is 3.92. The number of nitrogens with zero attached hydrogens (tertiary/aromatic N) is 2. The van der Waals surface area contributed by atoms with Gasteiger partial charge in [0, 0.05) is 25.5 Å². The van der Waals surface area contributed by atoms with Crippen LogP contribution >= 0.6 is 0 Å². The van der Waals surface area contributed by atoms with Crippen LogP contribution in [0.1, 0.15) is 28.6 Å². The first kappa shape index (κ1) is 16.8. The second-order valence-electron chi connectivity index (χ2n) is 5.70. The standard InChI is InChI=1S/C20H21N3O2/c1-2-23(15-16-7-4-3-5-8-16)20(24)17-11-18(13-21-12-17)22-14-19-9-6-10-25-19/h3-13,22H,2,14-15H2,1H3. The van der Waals surface area contributed by atoms with E-state index in [4.69, 9.17) is 4.42 Å². The lowest BCUT2D eigenvalue weighted by atomic mass is 10.2. The number of nitrogens with one attached hydrogen (secondary N) is 1. The van der Waals surface area contributed by atoms with Crippen LogP contribution in [0.15, 0.2) is 71.6 Å². The van der Waals surface area contributed by atoms with Crippen LogP contribution < -0.4 is 5.32 Å². The number of hydrogen-bond acceptors (Lipinski definition) is 4. The normalized spacial score (nSPS) is 10.4. The summed E-state index contributed by atoms with van der Waals surface area (Å²) in [6.07, 6.45) is 4.94. The van der Waals surface area contributed by atoms with E-state index in [1.165, 1.54) is 0 Å². The number of anilines is 1. The lowest BCUT2D eigenvalue weighted by molar-refractivity contribution is 0.0752. The van der Waals surface area contributed by atoms with Crippen molar-refractivity contribution in [3.05, 3.63) is 84.1 Å². The van der Waals surface area contributed by atoms with Crippen LogP contribution in [0.4, 0.5) is 5.69 Å². The smallest absolute Gasteiger partial charge is 0.255 e. The lowest BCUT2D eigenvalue weighted by Gasteiger charge is -2.21. The van der Waals surface area contributed by atoms with Crippen molar-refractivity contribution in [1.29, 1.82) is 0 Å². The zero-order valence-electron chi connectivity index (χ0n) is 14.2. The molecule has 0 aliphatic heterocycles. The first-order valence-corrected chi connectivity index (χ1v) is 8.30. The Kier molecular flexibility index (Phi) is 5.46. The Morgan fingerprint density at radius 3 is 2.72 bits per heavy atom. The highest BCUT2D eigenvalue weighted by atomic mass is 16.3. The van der Waals surface area contributed by atoms with Crippen molar-refractivity contribution in [2.24, 2.45) is 0 Å². The van der Waals surface area contributed by atoms with Crippen LogP contribution in [0, 0.1) is 0 Å². The molecule has 2 heterocycles. The topological polar surface area (TPSA) is 58.4 Å². The zero-order valence-corrected chi connectivity index (χ0v) is 14.2. The number of pyridine rings is 1. The maximum atomic E-state index is 12.8. The van der Waals surface area contributed by atoms with Gasteiger partial charge in [0.05, 0.1) is 24.1 Å². The number of carbonyl (C=O) groups excluding carboxylic acids is 1. The highest BCUT2D eigenvalue weighted by molar-refractivity contribution is 5.94. The summed E-state index contributed by atoms with van der Waals surface area (Å²) in [5.41, 5.74) is 2.47. The maximum absolute atomic E-state index is 12.8. The molecule has 5 heteroatoms. The summed E-state index contributed by atoms with van der Waals surface area (Å²) in [5, 5.41) is 3.22. The van der Waals surface area contributed by atoms with E-state index in [2.05, 4.69) is 10.3 Å². The van der Waals surface area contributed by atoms with Gasteiger partial charge in [-0.3, -0.25) is 9.78 Å². The van der Waals surface area contributed by atoms with E-state index in [1.807, 2.05) is 60.4 Å². The van der Waals surface area contributed by atoms with Crippen molar-refractivity contribution in [2.75, 3.05) is 11.9 Å². The number of furan rings is 1. The second-order valence-corrected chi connectivity index (χ2v) is 5.70. The average molecular weight is 335 g/mol. The van der Waals surface area contributed by atoms with Crippen molar-refractivity contribution < 1.29 is 9.21 Å². The Balaban J connectivity index is 1.68. The van der Waals surface area contributed by atoms with Gasteiger partial charge < -0.3 is 14.6 Å². The van der Waals surface area contributed by atoms with Crippen LogP contribution in [0.3, 0.4) is 0 Å². The molecule has 128 valence electrons. The van der Waals surface area contributed by atoms with Crippen molar-refractivity contribution in [2.45, 2.75) is 20.0 Å². The minimum Gasteiger partial charge on any atom is -0.467 e. The van der Waals surface area contributed by atoms with Crippen LogP contribution in [-0.4, -0.2) is 22.3 Å². The molecule has 0 unspecified atom stereocenters. The van der Waals surface area contributed by atoms with Gasteiger partial charge in [-0.05, 0) is 30.7 Å². The number of hydrogen-bond donors (Lipinski definition) is 1. The molecule has 0 fully saturated rings. The molecule has 0 bridgehead atoms. The quantitative estimate of drug-likeness (QED) is 0.710. The Morgan fingerprint density at radius 1 is 1.16 bits per heavy atom. The van der Waals surface area contributed by atoms with Gasteiger partial charge in [-0.1, -0.05) is 30.3 Å². The van der Waals surface area contributed by atoms with E-state index >= 15 is 0 Å². The van der Waals surface area contributed by atoms with Gasteiger partial charge in [-0.15, -0.1) is 0 Å². The minimum absolute atomic E-state index is 0.0273. The monoisotopic (exact) mass is 335 g/mol. The first-order chi connectivity index (χ1) is 12.3. The van der Waals surface area contributed by atoms with Crippen LogP contribution in [0.5, 0.6) is 0 Å². The van der Waals surface area contributed by atoms with Gasteiger partial charge in [0.25, 0.3) is 5.91 Å². The van der Waals surface area contributed by atoms with Crippen molar-refractivity contribution in [3.8, 4) is 0 Å². The highest BCUT2D eigenvalue weighted by Gasteiger charge is 2.15. The minimum atomic E-state index is -0.0273. The van der Waals surface area contributed by atoms with Crippen LogP contribution in [0.2, 0.25) is 0 Å². The van der Waals surface area contributed by atoms with E-state index in [9.17, 15) is 4.79 Å². The van der Waals surface area contributed by atoms with Gasteiger partial charge in [0.1, 0.15) is 5.76 Å². The Morgan fingerprint density at radius 2 is 2.00 bits per heavy atom. The van der Waals surface area contributed by atoms with Crippen molar-refractivity contribution in [3.63, 3.8) is 0 Å². The fourth-order valence-electron chi connectivity index (χ4n) is 2.57. The van der Waals surface area contributed by atoms with E-state index < -0.39 is 0 Å². The van der Waals surface area contributed by atoms with E-state index in [1.54, 1.807) is 18.7 Å². The number of aromatic nitrogens is 1. The molecule has 1 aromatic carbocycles. The Bertz CT molecular complexity index is 801. The molecule has 1 N–H and O–H groups in total. The summed E-state index contributed by atoms with van der Waals surface area (Å²) in [6, 6.07) is 15.5. The summed E-state index contributed by atoms with van der Waals surface area (Å²) in [6.45, 7) is 3.75. The van der Waals surface area contributed by atoms with Crippen LogP contribution in [0.25, 0.3) is 0 Å². The Hall–Kier alpha value is -3.08. The molecule has 0 atom stereocenters. The second kappa shape index (κ2) is 8.15. The fourth-order valence-corrected chi connectivity index (χ4v) is 2.57. The SMILES string of the molecule is CCN(Cc1ccccc1)C(=O)c1cncc(NCc2ccco2)c1. The summed E-state index contributed by atoms with van der Waals surface area (Å²) < 4.78 is 5.30. The fraction of sp³-hybridized carbons (Fsp3) is 0.200. The third kappa shape index (κ3) is 4.47. The molecular weight excluding hydrogens is 314 g/mol. The Labute approximate surface area is 147 Å². The number of benzene rings is 1. The van der Waals surface area contributed by atoms with Gasteiger partial charge in [0.15, 0.2) is 0 Å². The molecule has 0 radical (unpaired) electrons. The molecule has 3 aromatic rings. The predicted octanol–water partition coefficient (Wildman–Crippen LogP) is 3.95. The highest BCUT2D eigenvalue weighted by Crippen LogP contribution is 2.14. The number of rotatable bonds is 7. The summed E-state index contributed by atoms with van der Waals surface area (Å²) in [4.78, 5) is 18.8. The van der Waals surface area contributed by atoms with Gasteiger partial charge in [-0.25, -0.2) is 0 Å². The molecule has 1 amide bonds. The molecule has 25 heavy (non-hydrogen) atoms. The molecule has 0 spiro atoms.